The van der Waals surface area contributed by atoms with Gasteiger partial charge in [-0.15, -0.1) is 11.3 Å². The van der Waals surface area contributed by atoms with E-state index in [4.69, 9.17) is 14.5 Å². The summed E-state index contributed by atoms with van der Waals surface area (Å²) in [6, 6.07) is 5.84. The van der Waals surface area contributed by atoms with Crippen LogP contribution in [0.2, 0.25) is 0 Å². The Morgan fingerprint density at radius 1 is 1.36 bits per heavy atom. The summed E-state index contributed by atoms with van der Waals surface area (Å²) in [4.78, 5) is 18.2. The number of ether oxygens (including phenoxy) is 2. The molecular formula is C18H20N2O4S. The topological polar surface area (TPSA) is 71.9 Å². The molecule has 1 saturated heterocycles. The van der Waals surface area contributed by atoms with Crippen molar-refractivity contribution in [2.45, 2.75) is 19.9 Å². The number of nitrogens with zero attached hydrogens (tertiary/aromatic N) is 2. The van der Waals surface area contributed by atoms with E-state index >= 15 is 0 Å². The van der Waals surface area contributed by atoms with E-state index in [0.29, 0.717) is 19.0 Å². The number of benzene rings is 1. The first kappa shape index (κ1) is 16.4. The molecule has 1 N–H and O–H groups in total. The van der Waals surface area contributed by atoms with Gasteiger partial charge in [-0.25, -0.2) is 4.98 Å². The van der Waals surface area contributed by atoms with E-state index in [0.717, 1.165) is 40.7 Å². The third-order valence-electron chi connectivity index (χ3n) is 4.64. The lowest BCUT2D eigenvalue weighted by Crippen LogP contribution is -2.42. The molecule has 1 aromatic heterocycles. The lowest BCUT2D eigenvalue weighted by molar-refractivity contribution is -0.144. The Hall–Kier alpha value is -2.12. The third kappa shape index (κ3) is 3.48. The van der Waals surface area contributed by atoms with Crippen molar-refractivity contribution in [1.82, 2.24) is 9.88 Å². The summed E-state index contributed by atoms with van der Waals surface area (Å²) in [6.07, 6.45) is 0.755. The highest BCUT2D eigenvalue weighted by molar-refractivity contribution is 7.13. The second-order valence-corrected chi connectivity index (χ2v) is 7.64. The molecule has 132 valence electrons. The fourth-order valence-corrected chi connectivity index (χ4v) is 4.35. The molecule has 2 aliphatic rings. The van der Waals surface area contributed by atoms with E-state index in [9.17, 15) is 9.90 Å². The van der Waals surface area contributed by atoms with E-state index in [2.05, 4.69) is 17.2 Å². The van der Waals surface area contributed by atoms with Crippen LogP contribution in [0.5, 0.6) is 11.5 Å². The van der Waals surface area contributed by atoms with Crippen LogP contribution in [0, 0.1) is 11.8 Å². The number of carbonyl (C=O) groups is 1. The number of carboxylic acids is 1. The van der Waals surface area contributed by atoms with Gasteiger partial charge in [0.2, 0.25) is 6.79 Å². The summed E-state index contributed by atoms with van der Waals surface area (Å²) in [5.74, 6) is 0.930. The standard InChI is InChI=1S/C18H20N2O4S/c1-11-4-13(18(21)22)7-20(6-11)8-14-9-25-17(19-14)12-2-3-15-16(5-12)24-10-23-15/h2-3,5,9,11,13H,4,6-8,10H2,1H3,(H,21,22). The monoisotopic (exact) mass is 360 g/mol. The predicted octanol–water partition coefficient (Wildman–Crippen LogP) is 3.08. The lowest BCUT2D eigenvalue weighted by Gasteiger charge is -2.34. The van der Waals surface area contributed by atoms with Crippen molar-refractivity contribution >= 4 is 17.3 Å². The van der Waals surface area contributed by atoms with Crippen LogP contribution in [-0.2, 0) is 11.3 Å². The highest BCUT2D eigenvalue weighted by Gasteiger charge is 2.29. The van der Waals surface area contributed by atoms with E-state index in [1.165, 1.54) is 0 Å². The SMILES string of the molecule is CC1CC(C(=O)O)CN(Cc2csc(-c3ccc4c(c3)OCO4)n2)C1. The minimum absolute atomic E-state index is 0.264. The van der Waals surface area contributed by atoms with Gasteiger partial charge in [0.15, 0.2) is 11.5 Å². The predicted molar refractivity (Wildman–Crippen MR) is 93.9 cm³/mol. The van der Waals surface area contributed by atoms with E-state index in [1.807, 2.05) is 18.2 Å². The zero-order chi connectivity index (χ0) is 17.4. The number of fused-ring (bicyclic) bond motifs is 1. The molecule has 0 bridgehead atoms. The van der Waals surface area contributed by atoms with Crippen LogP contribution in [0.15, 0.2) is 23.6 Å². The fourth-order valence-electron chi connectivity index (χ4n) is 3.54. The van der Waals surface area contributed by atoms with E-state index in [1.54, 1.807) is 11.3 Å². The van der Waals surface area contributed by atoms with Crippen LogP contribution >= 0.6 is 11.3 Å². The Morgan fingerprint density at radius 3 is 3.04 bits per heavy atom. The van der Waals surface area contributed by atoms with Gasteiger partial charge in [-0.1, -0.05) is 6.92 Å². The summed E-state index contributed by atoms with van der Waals surface area (Å²) in [7, 11) is 0. The second kappa shape index (κ2) is 6.65. The molecule has 3 heterocycles. The Morgan fingerprint density at radius 2 is 2.20 bits per heavy atom. The first-order valence-electron chi connectivity index (χ1n) is 8.38. The maximum atomic E-state index is 11.3. The van der Waals surface area contributed by atoms with Crippen LogP contribution in [0.3, 0.4) is 0 Å². The summed E-state index contributed by atoms with van der Waals surface area (Å²) >= 11 is 1.59. The van der Waals surface area contributed by atoms with Crippen molar-refractivity contribution in [3.05, 3.63) is 29.3 Å². The molecule has 7 heteroatoms. The largest absolute Gasteiger partial charge is 0.481 e. The Bertz CT molecular complexity index is 791. The van der Waals surface area contributed by atoms with Gasteiger partial charge >= 0.3 is 5.97 Å². The molecule has 1 fully saturated rings. The molecule has 0 saturated carbocycles. The van der Waals surface area contributed by atoms with Crippen LogP contribution < -0.4 is 9.47 Å². The summed E-state index contributed by atoms with van der Waals surface area (Å²) in [5.41, 5.74) is 1.99. The maximum Gasteiger partial charge on any atom is 0.307 e. The van der Waals surface area contributed by atoms with Crippen molar-refractivity contribution in [1.29, 1.82) is 0 Å². The number of piperidine rings is 1. The van der Waals surface area contributed by atoms with Gasteiger partial charge in [-0.3, -0.25) is 9.69 Å². The molecule has 2 atom stereocenters. The molecule has 0 aliphatic carbocycles. The van der Waals surface area contributed by atoms with Gasteiger partial charge < -0.3 is 14.6 Å². The summed E-state index contributed by atoms with van der Waals surface area (Å²) in [6.45, 7) is 4.58. The molecule has 2 aromatic rings. The number of carboxylic acid groups (broad SMARTS) is 1. The van der Waals surface area contributed by atoms with Crippen molar-refractivity contribution in [3.63, 3.8) is 0 Å². The molecule has 6 nitrogen and oxygen atoms in total. The van der Waals surface area contributed by atoms with Gasteiger partial charge in [0.05, 0.1) is 11.6 Å². The average Bonchev–Trinajstić information content (AvgIpc) is 3.22. The van der Waals surface area contributed by atoms with Crippen LogP contribution in [0.4, 0.5) is 0 Å². The van der Waals surface area contributed by atoms with E-state index in [-0.39, 0.29) is 12.7 Å². The zero-order valence-electron chi connectivity index (χ0n) is 14.0. The molecule has 2 unspecified atom stereocenters. The third-order valence-corrected chi connectivity index (χ3v) is 5.58. The first-order chi connectivity index (χ1) is 12.1. The van der Waals surface area contributed by atoms with Crippen molar-refractivity contribution in [3.8, 4) is 22.1 Å². The summed E-state index contributed by atoms with van der Waals surface area (Å²) in [5, 5.41) is 12.3. The Kier molecular flexibility index (Phi) is 4.35. The minimum atomic E-state index is -0.698. The normalized spacial score (nSPS) is 22.9. The van der Waals surface area contributed by atoms with Crippen molar-refractivity contribution < 1.29 is 19.4 Å². The van der Waals surface area contributed by atoms with Gasteiger partial charge in [0.25, 0.3) is 0 Å². The average molecular weight is 360 g/mol. The fraction of sp³-hybridized carbons (Fsp3) is 0.444. The van der Waals surface area contributed by atoms with Gasteiger partial charge in [0.1, 0.15) is 5.01 Å². The highest BCUT2D eigenvalue weighted by atomic mass is 32.1. The maximum absolute atomic E-state index is 11.3. The molecule has 4 rings (SSSR count). The quantitative estimate of drug-likeness (QED) is 0.903. The highest BCUT2D eigenvalue weighted by Crippen LogP contribution is 2.36. The van der Waals surface area contributed by atoms with Gasteiger partial charge in [-0.2, -0.15) is 0 Å². The molecule has 25 heavy (non-hydrogen) atoms. The smallest absolute Gasteiger partial charge is 0.307 e. The number of aliphatic carboxylic acids is 1. The molecule has 2 aliphatic heterocycles. The number of likely N-dealkylation sites (tertiary alicyclic amines) is 1. The number of hydrogen-bond donors (Lipinski definition) is 1. The molecule has 0 spiro atoms. The van der Waals surface area contributed by atoms with Crippen LogP contribution in [0.25, 0.3) is 10.6 Å². The van der Waals surface area contributed by atoms with Crippen LogP contribution in [0.1, 0.15) is 19.0 Å². The van der Waals surface area contributed by atoms with E-state index < -0.39 is 5.97 Å². The number of aromatic nitrogens is 1. The molecule has 0 radical (unpaired) electrons. The van der Waals surface area contributed by atoms with Gasteiger partial charge in [-0.05, 0) is 30.5 Å². The second-order valence-electron chi connectivity index (χ2n) is 6.78. The molecule has 0 amide bonds. The number of rotatable bonds is 4. The van der Waals surface area contributed by atoms with Crippen molar-refractivity contribution in [2.75, 3.05) is 19.9 Å². The lowest BCUT2D eigenvalue weighted by atomic mass is 9.90. The molecular weight excluding hydrogens is 340 g/mol. The van der Waals surface area contributed by atoms with Crippen molar-refractivity contribution in [2.24, 2.45) is 11.8 Å². The van der Waals surface area contributed by atoms with Crippen LogP contribution in [-0.4, -0.2) is 40.8 Å². The number of hydrogen-bond acceptors (Lipinski definition) is 6. The summed E-state index contributed by atoms with van der Waals surface area (Å²) < 4.78 is 10.8. The van der Waals surface area contributed by atoms with Gasteiger partial charge in [0, 0.05) is 30.6 Å². The molecule has 1 aromatic carbocycles. The zero-order valence-corrected chi connectivity index (χ0v) is 14.8. The minimum Gasteiger partial charge on any atom is -0.481 e. The number of thiazole rings is 1. The first-order valence-corrected chi connectivity index (χ1v) is 9.26. The Labute approximate surface area is 150 Å². The Balaban J connectivity index is 1.47.